The van der Waals surface area contributed by atoms with Crippen molar-refractivity contribution in [2.24, 2.45) is 7.05 Å². The van der Waals surface area contributed by atoms with Crippen LogP contribution in [0.4, 0.5) is 0 Å². The summed E-state index contributed by atoms with van der Waals surface area (Å²) in [7, 11) is 1.86. The molecule has 70 valence electrons. The van der Waals surface area contributed by atoms with E-state index in [2.05, 4.69) is 15.0 Å². The lowest BCUT2D eigenvalue weighted by Crippen LogP contribution is -1.97. The molecule has 0 spiro atoms. The van der Waals surface area contributed by atoms with Crippen LogP contribution in [0.5, 0.6) is 0 Å². The average Bonchev–Trinajstić information content (AvgIpc) is 2.65. The van der Waals surface area contributed by atoms with Crippen molar-refractivity contribution in [1.82, 2.24) is 19.5 Å². The number of hydrogen-bond acceptors (Lipinski definition) is 4. The molecule has 0 saturated carbocycles. The highest BCUT2D eigenvalue weighted by molar-refractivity contribution is 5.73. The van der Waals surface area contributed by atoms with Crippen LogP contribution in [-0.2, 0) is 7.05 Å². The van der Waals surface area contributed by atoms with Gasteiger partial charge < -0.3 is 4.57 Å². The lowest BCUT2D eigenvalue weighted by atomic mass is 10.4. The fraction of sp³-hybridized carbons (Fsp3) is 0.111. The molecule has 5 nitrogen and oxygen atoms in total. The lowest BCUT2D eigenvalue weighted by Gasteiger charge is -1.98. The summed E-state index contributed by atoms with van der Waals surface area (Å²) in [6.45, 7) is 0. The maximum absolute atomic E-state index is 10.4. The van der Waals surface area contributed by atoms with Gasteiger partial charge in [0.25, 0.3) is 0 Å². The molecule has 2 heterocycles. The molecule has 0 saturated heterocycles. The van der Waals surface area contributed by atoms with Crippen LogP contribution in [0.25, 0.3) is 11.6 Å². The van der Waals surface area contributed by atoms with Gasteiger partial charge in [-0.15, -0.1) is 0 Å². The van der Waals surface area contributed by atoms with Gasteiger partial charge in [-0.1, -0.05) is 0 Å². The molecule has 0 aliphatic heterocycles. The Kier molecular flexibility index (Phi) is 2.06. The summed E-state index contributed by atoms with van der Waals surface area (Å²) >= 11 is 0. The Hall–Kier alpha value is -2.04. The number of aryl methyl sites for hydroxylation is 1. The molecule has 0 atom stereocenters. The number of aromatic nitrogens is 4. The number of hydrogen-bond donors (Lipinski definition) is 0. The van der Waals surface area contributed by atoms with Gasteiger partial charge in [0, 0.05) is 31.8 Å². The van der Waals surface area contributed by atoms with E-state index in [0.29, 0.717) is 23.5 Å². The highest BCUT2D eigenvalue weighted by Gasteiger charge is 2.05. The fourth-order valence-electron chi connectivity index (χ4n) is 1.10. The predicted octanol–water partition coefficient (Wildman–Crippen LogP) is 0.690. The van der Waals surface area contributed by atoms with Crippen molar-refractivity contribution in [3.05, 3.63) is 30.4 Å². The van der Waals surface area contributed by atoms with Crippen LogP contribution in [0, 0.1) is 0 Å². The minimum atomic E-state index is 0.461. The van der Waals surface area contributed by atoms with E-state index in [1.807, 2.05) is 17.8 Å². The zero-order valence-electron chi connectivity index (χ0n) is 7.58. The summed E-state index contributed by atoms with van der Waals surface area (Å²) < 4.78 is 1.82. The quantitative estimate of drug-likeness (QED) is 0.650. The second-order valence-electron chi connectivity index (χ2n) is 2.82. The third-order valence-corrected chi connectivity index (χ3v) is 1.83. The second-order valence-corrected chi connectivity index (χ2v) is 2.82. The summed E-state index contributed by atoms with van der Waals surface area (Å²) in [6, 6.07) is 0. The van der Waals surface area contributed by atoms with Crippen LogP contribution in [0.2, 0.25) is 0 Å². The Morgan fingerprint density at radius 1 is 1.29 bits per heavy atom. The van der Waals surface area contributed by atoms with Crippen LogP contribution in [0.3, 0.4) is 0 Å². The van der Waals surface area contributed by atoms with Gasteiger partial charge in [-0.25, -0.2) is 15.0 Å². The SMILES string of the molecule is Cn1ccnc1-c1ncc(C=O)cn1. The molecule has 0 aromatic carbocycles. The second kappa shape index (κ2) is 3.37. The molecule has 2 rings (SSSR count). The van der Waals surface area contributed by atoms with Gasteiger partial charge in [0.1, 0.15) is 0 Å². The highest BCUT2D eigenvalue weighted by Crippen LogP contribution is 2.09. The van der Waals surface area contributed by atoms with Crippen molar-refractivity contribution in [2.75, 3.05) is 0 Å². The lowest BCUT2D eigenvalue weighted by molar-refractivity contribution is 0.112. The van der Waals surface area contributed by atoms with Gasteiger partial charge in [-0.3, -0.25) is 4.79 Å². The van der Waals surface area contributed by atoms with E-state index in [1.54, 1.807) is 6.20 Å². The number of aldehydes is 1. The summed E-state index contributed by atoms with van der Waals surface area (Å²) in [4.78, 5) is 22.5. The molecule has 0 amide bonds. The van der Waals surface area contributed by atoms with E-state index in [9.17, 15) is 4.79 Å². The maximum atomic E-state index is 10.4. The number of rotatable bonds is 2. The molecule has 0 bridgehead atoms. The van der Waals surface area contributed by atoms with Crippen LogP contribution >= 0.6 is 0 Å². The molecule has 0 unspecified atom stereocenters. The topological polar surface area (TPSA) is 60.7 Å². The predicted molar refractivity (Wildman–Crippen MR) is 49.6 cm³/mol. The first kappa shape index (κ1) is 8.55. The number of imidazole rings is 1. The van der Waals surface area contributed by atoms with E-state index in [1.165, 1.54) is 12.4 Å². The summed E-state index contributed by atoms with van der Waals surface area (Å²) in [5.74, 6) is 1.20. The fourth-order valence-corrected chi connectivity index (χ4v) is 1.10. The van der Waals surface area contributed by atoms with E-state index < -0.39 is 0 Å². The molecule has 14 heavy (non-hydrogen) atoms. The largest absolute Gasteiger partial charge is 0.331 e. The molecule has 0 fully saturated rings. The minimum absolute atomic E-state index is 0.461. The van der Waals surface area contributed by atoms with E-state index in [0.717, 1.165) is 0 Å². The van der Waals surface area contributed by atoms with Crippen molar-refractivity contribution in [1.29, 1.82) is 0 Å². The van der Waals surface area contributed by atoms with Gasteiger partial charge in [-0.2, -0.15) is 0 Å². The van der Waals surface area contributed by atoms with Crippen molar-refractivity contribution >= 4 is 6.29 Å². The van der Waals surface area contributed by atoms with E-state index in [4.69, 9.17) is 0 Å². The summed E-state index contributed by atoms with van der Waals surface area (Å²) in [5, 5.41) is 0. The van der Waals surface area contributed by atoms with Gasteiger partial charge in [0.05, 0.1) is 5.56 Å². The molecule has 5 heteroatoms. The smallest absolute Gasteiger partial charge is 0.195 e. The van der Waals surface area contributed by atoms with Gasteiger partial charge in [0.15, 0.2) is 17.9 Å². The normalized spacial score (nSPS) is 10.1. The number of nitrogens with zero attached hydrogens (tertiary/aromatic N) is 4. The molecule has 0 N–H and O–H groups in total. The van der Waals surface area contributed by atoms with Crippen LogP contribution in [0.1, 0.15) is 10.4 Å². The highest BCUT2D eigenvalue weighted by atomic mass is 16.1. The Labute approximate surface area is 80.5 Å². The summed E-state index contributed by atoms with van der Waals surface area (Å²) in [5.41, 5.74) is 0.461. The van der Waals surface area contributed by atoms with Crippen molar-refractivity contribution in [2.45, 2.75) is 0 Å². The third kappa shape index (κ3) is 1.39. The average molecular weight is 188 g/mol. The molecule has 2 aromatic rings. The first-order valence-electron chi connectivity index (χ1n) is 4.06. The first-order chi connectivity index (χ1) is 6.81. The Balaban J connectivity index is 2.43. The zero-order chi connectivity index (χ0) is 9.97. The Morgan fingerprint density at radius 3 is 2.50 bits per heavy atom. The van der Waals surface area contributed by atoms with Gasteiger partial charge in [-0.05, 0) is 0 Å². The Bertz CT molecular complexity index is 446. The Morgan fingerprint density at radius 2 is 2.00 bits per heavy atom. The zero-order valence-corrected chi connectivity index (χ0v) is 7.58. The van der Waals surface area contributed by atoms with Gasteiger partial charge in [0.2, 0.25) is 0 Å². The van der Waals surface area contributed by atoms with Crippen LogP contribution in [0.15, 0.2) is 24.8 Å². The van der Waals surface area contributed by atoms with E-state index >= 15 is 0 Å². The molecular weight excluding hydrogens is 180 g/mol. The van der Waals surface area contributed by atoms with E-state index in [-0.39, 0.29) is 0 Å². The first-order valence-corrected chi connectivity index (χ1v) is 4.06. The number of carbonyl (C=O) groups is 1. The number of carbonyl (C=O) groups excluding carboxylic acids is 1. The molecule has 2 aromatic heterocycles. The molecular formula is C9H8N4O. The van der Waals surface area contributed by atoms with Crippen molar-refractivity contribution in [3.8, 4) is 11.6 Å². The minimum Gasteiger partial charge on any atom is -0.331 e. The summed E-state index contributed by atoms with van der Waals surface area (Å²) in [6.07, 6.45) is 7.15. The standard InChI is InChI=1S/C9H8N4O/c1-13-3-2-10-9(13)8-11-4-7(6-14)5-12-8/h2-6H,1H3. The van der Waals surface area contributed by atoms with Crippen molar-refractivity contribution in [3.63, 3.8) is 0 Å². The molecule has 0 aliphatic rings. The molecule has 0 aliphatic carbocycles. The van der Waals surface area contributed by atoms with Crippen molar-refractivity contribution < 1.29 is 4.79 Å². The maximum Gasteiger partial charge on any atom is 0.195 e. The van der Waals surface area contributed by atoms with Gasteiger partial charge >= 0.3 is 0 Å². The van der Waals surface area contributed by atoms with Crippen LogP contribution in [-0.4, -0.2) is 25.8 Å². The molecule has 0 radical (unpaired) electrons. The third-order valence-electron chi connectivity index (χ3n) is 1.83. The van der Waals surface area contributed by atoms with Crippen LogP contribution < -0.4 is 0 Å². The monoisotopic (exact) mass is 188 g/mol.